The number of ether oxygens (including phenoxy) is 2. The van der Waals surface area contributed by atoms with Gasteiger partial charge in [0.05, 0.1) is 26.4 Å². The highest BCUT2D eigenvalue weighted by Crippen LogP contribution is 2.14. The summed E-state index contributed by atoms with van der Waals surface area (Å²) in [6, 6.07) is 22.0. The van der Waals surface area contributed by atoms with Crippen LogP contribution < -0.4 is 11.1 Å². The molecule has 0 aliphatic rings. The third-order valence-corrected chi connectivity index (χ3v) is 4.69. The molecule has 30 heavy (non-hydrogen) atoms. The SMILES string of the molecule is Nc1nc(Cl)cc(NCCC(COCc2ccccc2)COCc2ccccc2)n1. The second kappa shape index (κ2) is 12.1. The number of hydrogen-bond donors (Lipinski definition) is 2. The van der Waals surface area contributed by atoms with Crippen molar-refractivity contribution in [3.05, 3.63) is 83.0 Å². The van der Waals surface area contributed by atoms with Crippen LogP contribution in [0.25, 0.3) is 0 Å². The molecule has 0 aliphatic carbocycles. The van der Waals surface area contributed by atoms with Crippen molar-refractivity contribution in [1.29, 1.82) is 0 Å². The molecule has 0 atom stereocenters. The Morgan fingerprint density at radius 3 is 1.97 bits per heavy atom. The minimum absolute atomic E-state index is 0.152. The van der Waals surface area contributed by atoms with Crippen LogP contribution in [-0.4, -0.2) is 29.7 Å². The lowest BCUT2D eigenvalue weighted by atomic mass is 10.1. The Labute approximate surface area is 182 Å². The van der Waals surface area contributed by atoms with Crippen LogP contribution in [0.2, 0.25) is 5.15 Å². The monoisotopic (exact) mass is 426 g/mol. The van der Waals surface area contributed by atoms with E-state index in [4.69, 9.17) is 26.8 Å². The first-order chi connectivity index (χ1) is 14.7. The summed E-state index contributed by atoms with van der Waals surface area (Å²) in [5.74, 6) is 1.00. The van der Waals surface area contributed by atoms with E-state index in [0.717, 1.165) is 17.5 Å². The normalized spacial score (nSPS) is 11.0. The van der Waals surface area contributed by atoms with E-state index in [0.29, 0.717) is 43.9 Å². The third-order valence-electron chi connectivity index (χ3n) is 4.50. The van der Waals surface area contributed by atoms with Crippen LogP contribution >= 0.6 is 11.6 Å². The fourth-order valence-electron chi connectivity index (χ4n) is 2.98. The van der Waals surface area contributed by atoms with Gasteiger partial charge in [0.15, 0.2) is 0 Å². The molecule has 0 radical (unpaired) electrons. The number of halogens is 1. The van der Waals surface area contributed by atoms with Gasteiger partial charge >= 0.3 is 0 Å². The van der Waals surface area contributed by atoms with E-state index in [2.05, 4.69) is 39.6 Å². The van der Waals surface area contributed by atoms with E-state index >= 15 is 0 Å². The predicted molar refractivity (Wildman–Crippen MR) is 120 cm³/mol. The molecule has 0 bridgehead atoms. The number of nitrogens with two attached hydrogens (primary N) is 1. The van der Waals surface area contributed by atoms with Crippen molar-refractivity contribution in [2.45, 2.75) is 19.6 Å². The summed E-state index contributed by atoms with van der Waals surface area (Å²) >= 11 is 5.93. The molecule has 6 nitrogen and oxygen atoms in total. The summed E-state index contributed by atoms with van der Waals surface area (Å²) in [6.07, 6.45) is 0.852. The number of benzene rings is 2. The van der Waals surface area contributed by atoms with Crippen LogP contribution in [0.5, 0.6) is 0 Å². The van der Waals surface area contributed by atoms with Gasteiger partial charge in [-0.05, 0) is 17.5 Å². The predicted octanol–water partition coefficient (Wildman–Crippen LogP) is 4.56. The standard InChI is InChI=1S/C23H27ClN4O2/c24-21-13-22(28-23(25)27-21)26-12-11-20(16-29-14-18-7-3-1-4-8-18)17-30-15-19-9-5-2-6-10-19/h1-10,13,20H,11-12,14-17H2,(H3,25,26,27,28). The minimum atomic E-state index is 0.152. The lowest BCUT2D eigenvalue weighted by Gasteiger charge is -2.18. The summed E-state index contributed by atoms with van der Waals surface area (Å²) in [6.45, 7) is 3.08. The average Bonchev–Trinajstić information content (AvgIpc) is 2.74. The van der Waals surface area contributed by atoms with Gasteiger partial charge < -0.3 is 20.5 Å². The van der Waals surface area contributed by atoms with Crippen molar-refractivity contribution in [3.8, 4) is 0 Å². The van der Waals surface area contributed by atoms with Gasteiger partial charge in [0.25, 0.3) is 0 Å². The number of aromatic nitrogens is 2. The van der Waals surface area contributed by atoms with E-state index in [9.17, 15) is 0 Å². The zero-order chi connectivity index (χ0) is 21.0. The van der Waals surface area contributed by atoms with Gasteiger partial charge in [0.2, 0.25) is 5.95 Å². The Balaban J connectivity index is 1.48. The molecule has 3 rings (SSSR count). The minimum Gasteiger partial charge on any atom is -0.376 e. The Morgan fingerprint density at radius 2 is 1.43 bits per heavy atom. The van der Waals surface area contributed by atoms with Crippen molar-refractivity contribution in [2.24, 2.45) is 5.92 Å². The van der Waals surface area contributed by atoms with Gasteiger partial charge in [0.1, 0.15) is 11.0 Å². The summed E-state index contributed by atoms with van der Waals surface area (Å²) in [5, 5.41) is 3.56. The Hall–Kier alpha value is -2.67. The van der Waals surface area contributed by atoms with Gasteiger partial charge in [-0.3, -0.25) is 0 Å². The van der Waals surface area contributed by atoms with Crippen LogP contribution in [0.4, 0.5) is 11.8 Å². The second-order valence-electron chi connectivity index (χ2n) is 7.02. The van der Waals surface area contributed by atoms with E-state index in [-0.39, 0.29) is 11.9 Å². The van der Waals surface area contributed by atoms with Crippen LogP contribution in [-0.2, 0) is 22.7 Å². The van der Waals surface area contributed by atoms with Crippen LogP contribution in [0.3, 0.4) is 0 Å². The average molecular weight is 427 g/mol. The molecule has 0 spiro atoms. The van der Waals surface area contributed by atoms with Crippen molar-refractivity contribution in [3.63, 3.8) is 0 Å². The number of nitrogens with one attached hydrogen (secondary N) is 1. The first kappa shape index (κ1) is 22.0. The maximum Gasteiger partial charge on any atom is 0.223 e. The number of anilines is 2. The molecular formula is C23H27ClN4O2. The van der Waals surface area contributed by atoms with E-state index in [1.807, 2.05) is 36.4 Å². The molecule has 0 unspecified atom stereocenters. The Kier molecular flexibility index (Phi) is 8.90. The van der Waals surface area contributed by atoms with Gasteiger partial charge in [-0.15, -0.1) is 0 Å². The highest BCUT2D eigenvalue weighted by atomic mass is 35.5. The fraction of sp³-hybridized carbons (Fsp3) is 0.304. The fourth-order valence-corrected chi connectivity index (χ4v) is 3.17. The summed E-state index contributed by atoms with van der Waals surface area (Å²) in [7, 11) is 0. The van der Waals surface area contributed by atoms with Gasteiger partial charge in [-0.2, -0.15) is 4.98 Å². The molecule has 158 valence electrons. The first-order valence-electron chi connectivity index (χ1n) is 9.96. The van der Waals surface area contributed by atoms with Crippen LogP contribution in [0.15, 0.2) is 66.7 Å². The lowest BCUT2D eigenvalue weighted by molar-refractivity contribution is 0.0252. The smallest absolute Gasteiger partial charge is 0.223 e. The van der Waals surface area contributed by atoms with Crippen molar-refractivity contribution in [2.75, 3.05) is 30.8 Å². The number of rotatable bonds is 12. The molecule has 0 aliphatic heterocycles. The van der Waals surface area contributed by atoms with Crippen LogP contribution in [0, 0.1) is 5.92 Å². The zero-order valence-corrected chi connectivity index (χ0v) is 17.6. The van der Waals surface area contributed by atoms with E-state index in [1.165, 1.54) is 0 Å². The molecule has 7 heteroatoms. The second-order valence-corrected chi connectivity index (χ2v) is 7.40. The molecular weight excluding hydrogens is 400 g/mol. The molecule has 3 aromatic rings. The van der Waals surface area contributed by atoms with E-state index in [1.54, 1.807) is 6.07 Å². The number of nitrogens with zero attached hydrogens (tertiary/aromatic N) is 2. The maximum atomic E-state index is 5.95. The highest BCUT2D eigenvalue weighted by molar-refractivity contribution is 6.29. The largest absolute Gasteiger partial charge is 0.376 e. The molecule has 2 aromatic carbocycles. The molecule has 0 saturated carbocycles. The molecule has 0 fully saturated rings. The molecule has 3 N–H and O–H groups in total. The Bertz CT molecular complexity index is 815. The van der Waals surface area contributed by atoms with Gasteiger partial charge in [0, 0.05) is 18.5 Å². The Morgan fingerprint density at radius 1 is 0.867 bits per heavy atom. The van der Waals surface area contributed by atoms with Gasteiger partial charge in [-0.1, -0.05) is 72.3 Å². The maximum absolute atomic E-state index is 5.95. The topological polar surface area (TPSA) is 82.3 Å². The summed E-state index contributed by atoms with van der Waals surface area (Å²) in [5.41, 5.74) is 7.96. The molecule has 1 heterocycles. The lowest BCUT2D eigenvalue weighted by Crippen LogP contribution is -2.20. The number of hydrogen-bond acceptors (Lipinski definition) is 6. The summed E-state index contributed by atoms with van der Waals surface area (Å²) in [4.78, 5) is 8.01. The van der Waals surface area contributed by atoms with Crippen molar-refractivity contribution >= 4 is 23.4 Å². The number of nitrogen functional groups attached to an aromatic ring is 1. The first-order valence-corrected chi connectivity index (χ1v) is 10.3. The summed E-state index contributed by atoms with van der Waals surface area (Å²) < 4.78 is 11.9. The van der Waals surface area contributed by atoms with Crippen molar-refractivity contribution in [1.82, 2.24) is 9.97 Å². The van der Waals surface area contributed by atoms with Crippen LogP contribution in [0.1, 0.15) is 17.5 Å². The molecule has 0 saturated heterocycles. The third kappa shape index (κ3) is 7.99. The highest BCUT2D eigenvalue weighted by Gasteiger charge is 2.11. The van der Waals surface area contributed by atoms with Gasteiger partial charge in [-0.25, -0.2) is 4.98 Å². The van der Waals surface area contributed by atoms with E-state index < -0.39 is 0 Å². The zero-order valence-electron chi connectivity index (χ0n) is 16.8. The van der Waals surface area contributed by atoms with Crippen molar-refractivity contribution < 1.29 is 9.47 Å². The molecule has 1 aromatic heterocycles. The quantitative estimate of drug-likeness (QED) is 0.413. The molecule has 0 amide bonds.